The predicted molar refractivity (Wildman–Crippen MR) is 86.4 cm³/mol. The van der Waals surface area contributed by atoms with Crippen LogP contribution in [0.4, 0.5) is 10.1 Å². The van der Waals surface area contributed by atoms with Crippen LogP contribution in [-0.4, -0.2) is 10.9 Å². The number of rotatable bonds is 3. The van der Waals surface area contributed by atoms with Gasteiger partial charge >= 0.3 is 0 Å². The lowest BCUT2D eigenvalue weighted by atomic mass is 10.1. The second-order valence-corrected chi connectivity index (χ2v) is 5.32. The number of anilines is 1. The Morgan fingerprint density at radius 2 is 1.90 bits per heavy atom. The molecule has 0 aliphatic rings. The van der Waals surface area contributed by atoms with E-state index in [1.807, 2.05) is 6.92 Å². The molecular formula is C15H12ClFN2OS. The van der Waals surface area contributed by atoms with Gasteiger partial charge in [0.05, 0.1) is 5.02 Å². The maximum Gasteiger partial charge on any atom is 0.255 e. The van der Waals surface area contributed by atoms with Crippen LogP contribution in [0.3, 0.4) is 0 Å². The van der Waals surface area contributed by atoms with Gasteiger partial charge in [-0.1, -0.05) is 36.0 Å². The molecular weight excluding hydrogens is 311 g/mol. The highest BCUT2D eigenvalue weighted by Crippen LogP contribution is 2.20. The number of carbonyl (C=O) groups is 1. The molecule has 0 unspecified atom stereocenters. The van der Waals surface area contributed by atoms with Crippen molar-refractivity contribution in [2.45, 2.75) is 6.92 Å². The molecule has 2 rings (SSSR count). The van der Waals surface area contributed by atoms with E-state index in [1.165, 1.54) is 12.1 Å². The summed E-state index contributed by atoms with van der Waals surface area (Å²) in [7, 11) is 0. The van der Waals surface area contributed by atoms with Crippen molar-refractivity contribution in [3.05, 3.63) is 63.9 Å². The fourth-order valence-corrected chi connectivity index (χ4v) is 1.99. The number of carbonyl (C=O) groups excluding carboxylic acids is 1. The third-order valence-electron chi connectivity index (χ3n) is 2.95. The van der Waals surface area contributed by atoms with Gasteiger partial charge in [-0.3, -0.25) is 4.79 Å². The zero-order valence-corrected chi connectivity index (χ0v) is 12.7. The molecule has 0 atom stereocenters. The number of amides is 1. The molecule has 0 saturated carbocycles. The summed E-state index contributed by atoms with van der Waals surface area (Å²) in [5.74, 6) is -1.08. The lowest BCUT2D eigenvalue weighted by molar-refractivity contribution is 0.102. The largest absolute Gasteiger partial charge is 0.389 e. The third-order valence-corrected chi connectivity index (χ3v) is 3.49. The van der Waals surface area contributed by atoms with Crippen LogP contribution in [0, 0.1) is 12.7 Å². The fourth-order valence-electron chi connectivity index (χ4n) is 1.74. The minimum atomic E-state index is -0.641. The number of aryl methyl sites for hydroxylation is 1. The number of nitrogens with two attached hydrogens (primary N) is 1. The summed E-state index contributed by atoms with van der Waals surface area (Å²) in [5.41, 5.74) is 7.81. The minimum Gasteiger partial charge on any atom is -0.389 e. The van der Waals surface area contributed by atoms with Crippen LogP contribution in [0.5, 0.6) is 0 Å². The molecule has 6 heteroatoms. The number of benzene rings is 2. The average molecular weight is 323 g/mol. The van der Waals surface area contributed by atoms with Gasteiger partial charge in [0, 0.05) is 16.8 Å². The number of nitrogens with one attached hydrogen (secondary N) is 1. The predicted octanol–water partition coefficient (Wildman–Crippen LogP) is 3.67. The van der Waals surface area contributed by atoms with Gasteiger partial charge in [-0.15, -0.1) is 0 Å². The van der Waals surface area contributed by atoms with Gasteiger partial charge in [-0.05, 0) is 36.8 Å². The van der Waals surface area contributed by atoms with Crippen LogP contribution < -0.4 is 11.1 Å². The zero-order valence-electron chi connectivity index (χ0n) is 11.1. The van der Waals surface area contributed by atoms with Crippen LogP contribution >= 0.6 is 23.8 Å². The molecule has 0 aliphatic carbocycles. The van der Waals surface area contributed by atoms with Crippen LogP contribution in [0.25, 0.3) is 0 Å². The molecule has 0 saturated heterocycles. The Balaban J connectivity index is 2.28. The van der Waals surface area contributed by atoms with E-state index in [4.69, 9.17) is 29.6 Å². The lowest BCUT2D eigenvalue weighted by Crippen LogP contribution is -2.15. The van der Waals surface area contributed by atoms with Gasteiger partial charge in [0.25, 0.3) is 5.91 Å². The van der Waals surface area contributed by atoms with Gasteiger partial charge in [0.15, 0.2) is 0 Å². The van der Waals surface area contributed by atoms with Crippen molar-refractivity contribution in [1.82, 2.24) is 0 Å². The van der Waals surface area contributed by atoms with E-state index >= 15 is 0 Å². The topological polar surface area (TPSA) is 55.1 Å². The van der Waals surface area contributed by atoms with E-state index < -0.39 is 11.7 Å². The summed E-state index contributed by atoms with van der Waals surface area (Å²) in [4.78, 5) is 12.4. The van der Waals surface area contributed by atoms with Crippen molar-refractivity contribution in [2.24, 2.45) is 5.73 Å². The van der Waals surface area contributed by atoms with Crippen LogP contribution in [0.2, 0.25) is 5.02 Å². The first-order valence-corrected chi connectivity index (χ1v) is 6.84. The van der Waals surface area contributed by atoms with Crippen molar-refractivity contribution >= 4 is 40.4 Å². The molecule has 2 aromatic carbocycles. The molecule has 0 spiro atoms. The first-order valence-electron chi connectivity index (χ1n) is 6.05. The third kappa shape index (κ3) is 3.56. The molecule has 0 radical (unpaired) electrons. The van der Waals surface area contributed by atoms with E-state index in [1.54, 1.807) is 18.2 Å². The van der Waals surface area contributed by atoms with Crippen molar-refractivity contribution in [1.29, 1.82) is 0 Å². The molecule has 0 aromatic heterocycles. The van der Waals surface area contributed by atoms with Crippen molar-refractivity contribution in [3.63, 3.8) is 0 Å². The molecule has 2 aromatic rings. The molecule has 0 fully saturated rings. The minimum absolute atomic E-state index is 0.0294. The lowest BCUT2D eigenvalue weighted by Gasteiger charge is -2.10. The van der Waals surface area contributed by atoms with Crippen LogP contribution in [0.1, 0.15) is 21.5 Å². The summed E-state index contributed by atoms with van der Waals surface area (Å²) in [6.07, 6.45) is 0. The monoisotopic (exact) mass is 322 g/mol. The highest BCUT2D eigenvalue weighted by atomic mass is 35.5. The Morgan fingerprint density at radius 3 is 2.52 bits per heavy atom. The summed E-state index contributed by atoms with van der Waals surface area (Å²) in [5, 5.41) is 2.68. The maximum absolute atomic E-state index is 13.4. The summed E-state index contributed by atoms with van der Waals surface area (Å²) in [6.45, 7) is 1.83. The number of halogens is 2. The van der Waals surface area contributed by atoms with E-state index in [0.717, 1.165) is 11.6 Å². The summed E-state index contributed by atoms with van der Waals surface area (Å²) in [6, 6.07) is 9.13. The van der Waals surface area contributed by atoms with Crippen molar-refractivity contribution in [3.8, 4) is 0 Å². The first-order chi connectivity index (χ1) is 9.88. The average Bonchev–Trinajstić information content (AvgIpc) is 2.43. The Morgan fingerprint density at radius 1 is 1.24 bits per heavy atom. The maximum atomic E-state index is 13.4. The van der Waals surface area contributed by atoms with E-state index in [2.05, 4.69) is 5.32 Å². The quantitative estimate of drug-likeness (QED) is 0.848. The smallest absolute Gasteiger partial charge is 0.255 e. The molecule has 0 aliphatic heterocycles. The van der Waals surface area contributed by atoms with Crippen LogP contribution in [0.15, 0.2) is 36.4 Å². The molecule has 3 nitrogen and oxygen atoms in total. The highest BCUT2D eigenvalue weighted by molar-refractivity contribution is 7.80. The summed E-state index contributed by atoms with van der Waals surface area (Å²) >= 11 is 10.5. The fraction of sp³-hybridized carbons (Fsp3) is 0.0667. The van der Waals surface area contributed by atoms with Gasteiger partial charge in [-0.2, -0.15) is 0 Å². The van der Waals surface area contributed by atoms with Gasteiger partial charge < -0.3 is 11.1 Å². The van der Waals surface area contributed by atoms with Gasteiger partial charge in [0.2, 0.25) is 0 Å². The molecule has 0 heterocycles. The Kier molecular flexibility index (Phi) is 4.55. The number of hydrogen-bond acceptors (Lipinski definition) is 2. The second kappa shape index (κ2) is 6.20. The number of thiocarbonyl (C=S) groups is 1. The van der Waals surface area contributed by atoms with Crippen molar-refractivity contribution < 1.29 is 9.18 Å². The first kappa shape index (κ1) is 15.4. The molecule has 108 valence electrons. The van der Waals surface area contributed by atoms with Gasteiger partial charge in [-0.25, -0.2) is 4.39 Å². The molecule has 0 bridgehead atoms. The SMILES string of the molecule is Cc1ccc(C(N)=S)cc1NC(=O)c1ccc(Cl)c(F)c1. The Labute approximate surface area is 131 Å². The van der Waals surface area contributed by atoms with E-state index in [-0.39, 0.29) is 15.6 Å². The Hall–Kier alpha value is -1.98. The molecule has 1 amide bonds. The molecule has 21 heavy (non-hydrogen) atoms. The summed E-state index contributed by atoms with van der Waals surface area (Å²) < 4.78 is 13.4. The zero-order chi connectivity index (χ0) is 15.6. The molecule has 3 N–H and O–H groups in total. The van der Waals surface area contributed by atoms with E-state index in [9.17, 15) is 9.18 Å². The normalized spacial score (nSPS) is 10.2. The van der Waals surface area contributed by atoms with E-state index in [0.29, 0.717) is 11.3 Å². The highest BCUT2D eigenvalue weighted by Gasteiger charge is 2.11. The van der Waals surface area contributed by atoms with Crippen molar-refractivity contribution in [2.75, 3.05) is 5.32 Å². The van der Waals surface area contributed by atoms with Crippen LogP contribution in [-0.2, 0) is 0 Å². The standard InChI is InChI=1S/C15H12ClFN2OS/c1-8-2-3-9(14(18)21)7-13(8)19-15(20)10-4-5-11(16)12(17)6-10/h2-7H,1H3,(H2,18,21)(H,19,20). The van der Waals surface area contributed by atoms with Gasteiger partial charge in [0.1, 0.15) is 10.8 Å². The Bertz CT molecular complexity index is 734. The number of hydrogen-bond donors (Lipinski definition) is 2. The second-order valence-electron chi connectivity index (χ2n) is 4.48.